The van der Waals surface area contributed by atoms with Gasteiger partial charge < -0.3 is 9.13 Å². The van der Waals surface area contributed by atoms with Crippen LogP contribution in [0.15, 0.2) is 212 Å². The van der Waals surface area contributed by atoms with Crippen LogP contribution in [0.3, 0.4) is 0 Å². The van der Waals surface area contributed by atoms with Gasteiger partial charge in [0, 0.05) is 43.7 Å². The van der Waals surface area contributed by atoms with Gasteiger partial charge in [0.1, 0.15) is 0 Å². The normalized spacial score (nSPS) is 14.4. The fraction of sp³-hybridized carbons (Fsp3) is 0.135. The van der Waals surface area contributed by atoms with Crippen molar-refractivity contribution in [1.82, 2.24) is 9.13 Å². The summed E-state index contributed by atoms with van der Waals surface area (Å²) in [6.07, 6.45) is 9.11. The third-order valence-corrected chi connectivity index (χ3v) is 17.1. The second-order valence-electron chi connectivity index (χ2n) is 23.4. The zero-order valence-electron chi connectivity index (χ0n) is 44.4. The number of nitrogens with zero attached hydrogens (tertiary/aromatic N) is 2. The van der Waals surface area contributed by atoms with Gasteiger partial charge in [-0.05, 0) is 162 Å². The van der Waals surface area contributed by atoms with Crippen molar-refractivity contribution < 1.29 is 0 Å². The molecule has 10 aromatic carbocycles. The number of rotatable bonds is 7. The van der Waals surface area contributed by atoms with Crippen molar-refractivity contribution in [3.8, 4) is 44.8 Å². The molecule has 2 aliphatic carbocycles. The standard InChI is InChI=1S/C74H60N2/c1-72(2,3)53-31-33-55(34-32-53)76-69-20-14-12-18-61(69)63-42-48(28-40-71(63)76)22-24-50-26-36-57-59-38-30-52(46-67(59)74(6,7)65(57)44-50)51-29-37-58-56-35-25-49(43-64(56)73(4,5)66(58)45-51)23-21-47-27-39-70-62(41-47)60-17-11-13-19-68(60)75(70)54-15-9-8-10-16-54/h8-46H,1-7H3. The van der Waals surface area contributed by atoms with Crippen molar-refractivity contribution in [3.63, 3.8) is 0 Å². The maximum Gasteiger partial charge on any atom is 0.0541 e. The van der Waals surface area contributed by atoms with E-state index in [0.29, 0.717) is 0 Å². The van der Waals surface area contributed by atoms with E-state index in [2.05, 4.69) is 294 Å². The first kappa shape index (κ1) is 45.9. The molecule has 0 saturated carbocycles. The summed E-state index contributed by atoms with van der Waals surface area (Å²) < 4.78 is 4.78. The number of hydrogen-bond donors (Lipinski definition) is 0. The third kappa shape index (κ3) is 7.22. The van der Waals surface area contributed by atoms with Crippen molar-refractivity contribution in [3.05, 3.63) is 262 Å². The van der Waals surface area contributed by atoms with E-state index in [1.807, 2.05) is 0 Å². The van der Waals surface area contributed by atoms with Gasteiger partial charge >= 0.3 is 0 Å². The molecular weight excluding hydrogens is 917 g/mol. The Morgan fingerprint density at radius 2 is 0.671 bits per heavy atom. The average Bonchev–Trinajstić information content (AvgIpc) is 4.12. The lowest BCUT2D eigenvalue weighted by Crippen LogP contribution is -2.15. The average molecular weight is 977 g/mol. The largest absolute Gasteiger partial charge is 0.309 e. The molecule has 2 aromatic heterocycles. The Morgan fingerprint density at radius 3 is 1.12 bits per heavy atom. The second-order valence-corrected chi connectivity index (χ2v) is 23.4. The molecular formula is C74H60N2. The van der Waals surface area contributed by atoms with Gasteiger partial charge in [-0.1, -0.05) is 212 Å². The molecule has 12 aromatic rings. The molecule has 0 unspecified atom stereocenters. The Morgan fingerprint density at radius 1 is 0.316 bits per heavy atom. The molecule has 0 N–H and O–H groups in total. The van der Waals surface area contributed by atoms with Gasteiger partial charge in [-0.3, -0.25) is 0 Å². The molecule has 2 heterocycles. The first-order valence-electron chi connectivity index (χ1n) is 27.0. The second kappa shape index (κ2) is 16.9. The van der Waals surface area contributed by atoms with E-state index < -0.39 is 0 Å². The predicted molar refractivity (Wildman–Crippen MR) is 325 cm³/mol. The summed E-state index contributed by atoms with van der Waals surface area (Å²) in [6.45, 7) is 16.4. The molecule has 0 fully saturated rings. The molecule has 0 aliphatic heterocycles. The molecule has 14 rings (SSSR count). The van der Waals surface area contributed by atoms with E-state index in [4.69, 9.17) is 0 Å². The molecule has 366 valence electrons. The van der Waals surface area contributed by atoms with Crippen LogP contribution < -0.4 is 0 Å². The van der Waals surface area contributed by atoms with Gasteiger partial charge in [-0.15, -0.1) is 0 Å². The van der Waals surface area contributed by atoms with Crippen LogP contribution in [0.1, 0.15) is 98.5 Å². The lowest BCUT2D eigenvalue weighted by molar-refractivity contribution is 0.590. The molecule has 0 amide bonds. The molecule has 2 nitrogen and oxygen atoms in total. The Kier molecular flexibility index (Phi) is 10.2. The van der Waals surface area contributed by atoms with Gasteiger partial charge in [0.2, 0.25) is 0 Å². The highest BCUT2D eigenvalue weighted by molar-refractivity contribution is 6.11. The molecule has 0 spiro atoms. The van der Waals surface area contributed by atoms with Crippen LogP contribution in [-0.2, 0) is 16.2 Å². The van der Waals surface area contributed by atoms with E-state index in [9.17, 15) is 0 Å². The van der Waals surface area contributed by atoms with Crippen molar-refractivity contribution in [2.75, 3.05) is 0 Å². The maximum atomic E-state index is 2.46. The summed E-state index contributed by atoms with van der Waals surface area (Å²) in [5.41, 5.74) is 26.6. The Labute approximate surface area is 446 Å². The summed E-state index contributed by atoms with van der Waals surface area (Å²) in [5, 5.41) is 5.07. The Balaban J connectivity index is 0.718. The molecule has 2 heteroatoms. The van der Waals surface area contributed by atoms with Crippen molar-refractivity contribution in [2.24, 2.45) is 0 Å². The summed E-state index contributed by atoms with van der Waals surface area (Å²) in [4.78, 5) is 0. The third-order valence-electron chi connectivity index (χ3n) is 17.1. The molecule has 0 saturated heterocycles. The SMILES string of the molecule is CC(C)(C)c1ccc(-n2c3ccccc3c3cc(C=Cc4ccc5c(c4)C(C)(C)c4cc(-c6ccc7c(c6)C(C)(C)c6cc(C=Cc8ccc9c(c8)c8ccccc8n9-c8ccccc8)ccc6-7)ccc4-5)ccc32)cc1. The van der Waals surface area contributed by atoms with Crippen LogP contribution in [0, 0.1) is 0 Å². The van der Waals surface area contributed by atoms with Crippen LogP contribution in [0.4, 0.5) is 0 Å². The number of para-hydroxylation sites is 3. The van der Waals surface area contributed by atoms with E-state index in [1.165, 1.54) is 138 Å². The van der Waals surface area contributed by atoms with Gasteiger partial charge in [-0.25, -0.2) is 0 Å². The van der Waals surface area contributed by atoms with Gasteiger partial charge in [0.15, 0.2) is 0 Å². The highest BCUT2D eigenvalue weighted by atomic mass is 15.0. The van der Waals surface area contributed by atoms with Crippen LogP contribution in [0.5, 0.6) is 0 Å². The van der Waals surface area contributed by atoms with Gasteiger partial charge in [0.05, 0.1) is 22.1 Å². The molecule has 2 aliphatic rings. The lowest BCUT2D eigenvalue weighted by atomic mass is 9.80. The summed E-state index contributed by atoms with van der Waals surface area (Å²) >= 11 is 0. The van der Waals surface area contributed by atoms with E-state index >= 15 is 0 Å². The van der Waals surface area contributed by atoms with Crippen molar-refractivity contribution >= 4 is 67.9 Å². The zero-order valence-corrected chi connectivity index (χ0v) is 44.4. The van der Waals surface area contributed by atoms with Gasteiger partial charge in [-0.2, -0.15) is 0 Å². The molecule has 76 heavy (non-hydrogen) atoms. The summed E-state index contributed by atoms with van der Waals surface area (Å²) in [7, 11) is 0. The zero-order chi connectivity index (χ0) is 51.7. The first-order valence-corrected chi connectivity index (χ1v) is 27.0. The van der Waals surface area contributed by atoms with Gasteiger partial charge in [0.25, 0.3) is 0 Å². The smallest absolute Gasteiger partial charge is 0.0541 e. The van der Waals surface area contributed by atoms with E-state index in [-0.39, 0.29) is 16.2 Å². The number of benzene rings is 10. The Hall–Kier alpha value is -8.72. The first-order chi connectivity index (χ1) is 36.8. The fourth-order valence-electron chi connectivity index (χ4n) is 12.9. The minimum atomic E-state index is -0.153. The fourth-order valence-corrected chi connectivity index (χ4v) is 12.9. The quantitative estimate of drug-likeness (QED) is 0.141. The van der Waals surface area contributed by atoms with Crippen molar-refractivity contribution in [1.29, 1.82) is 0 Å². The predicted octanol–water partition coefficient (Wildman–Crippen LogP) is 19.8. The summed E-state index contributed by atoms with van der Waals surface area (Å²) in [5.74, 6) is 0. The van der Waals surface area contributed by atoms with E-state index in [0.717, 1.165) is 0 Å². The molecule has 0 radical (unpaired) electrons. The monoisotopic (exact) mass is 976 g/mol. The number of aromatic nitrogens is 2. The molecule has 0 bridgehead atoms. The van der Waals surface area contributed by atoms with Crippen LogP contribution >= 0.6 is 0 Å². The van der Waals surface area contributed by atoms with Crippen LogP contribution in [0.2, 0.25) is 0 Å². The highest BCUT2D eigenvalue weighted by Crippen LogP contribution is 2.53. The minimum absolute atomic E-state index is 0.110. The Bertz CT molecular complexity index is 4410. The van der Waals surface area contributed by atoms with E-state index in [1.54, 1.807) is 0 Å². The van der Waals surface area contributed by atoms with Crippen LogP contribution in [0.25, 0.3) is 113 Å². The van der Waals surface area contributed by atoms with Crippen LogP contribution in [-0.4, -0.2) is 9.13 Å². The molecule has 0 atom stereocenters. The number of hydrogen-bond acceptors (Lipinski definition) is 0. The minimum Gasteiger partial charge on any atom is -0.309 e. The maximum absolute atomic E-state index is 2.46. The topological polar surface area (TPSA) is 9.86 Å². The lowest BCUT2D eigenvalue weighted by Gasteiger charge is -2.23. The summed E-state index contributed by atoms with van der Waals surface area (Å²) in [6, 6.07) is 79.5. The highest BCUT2D eigenvalue weighted by Gasteiger charge is 2.38. The van der Waals surface area contributed by atoms with Crippen molar-refractivity contribution in [2.45, 2.75) is 64.7 Å². The number of fused-ring (bicyclic) bond motifs is 12.